The molecule has 0 fully saturated rings. The molecule has 1 aromatic carbocycles. The summed E-state index contributed by atoms with van der Waals surface area (Å²) in [5.74, 6) is 0. The van der Waals surface area contributed by atoms with E-state index in [1.807, 2.05) is 18.2 Å². The first-order valence-corrected chi connectivity index (χ1v) is 6.68. The van der Waals surface area contributed by atoms with Gasteiger partial charge in [0.05, 0.1) is 5.69 Å². The van der Waals surface area contributed by atoms with Gasteiger partial charge in [0.25, 0.3) is 0 Å². The second-order valence-corrected chi connectivity index (χ2v) is 4.38. The van der Waals surface area contributed by atoms with Gasteiger partial charge in [-0.2, -0.15) is 0 Å². The van der Waals surface area contributed by atoms with E-state index in [9.17, 15) is 4.79 Å². The Labute approximate surface area is 104 Å². The van der Waals surface area contributed by atoms with Gasteiger partial charge in [0.2, 0.25) is 5.43 Å². The molecule has 2 nitrogen and oxygen atoms in total. The van der Waals surface area contributed by atoms with Gasteiger partial charge < -0.3 is 5.32 Å². The highest BCUT2D eigenvalue weighted by Crippen LogP contribution is 2.05. The number of hydrogen-bond acceptors (Lipinski definition) is 2. The minimum atomic E-state index is 0.0704. The van der Waals surface area contributed by atoms with Gasteiger partial charge in [-0.1, -0.05) is 57.2 Å². The lowest BCUT2D eigenvalue weighted by molar-refractivity contribution is 0.617. The van der Waals surface area contributed by atoms with E-state index in [0.29, 0.717) is 5.69 Å². The fraction of sp³-hybridized carbons (Fsp3) is 0.533. The van der Waals surface area contributed by atoms with Crippen LogP contribution in [0.15, 0.2) is 35.1 Å². The molecule has 1 N–H and O–H groups in total. The van der Waals surface area contributed by atoms with Crippen molar-refractivity contribution in [1.82, 2.24) is 0 Å². The largest absolute Gasteiger partial charge is 0.382 e. The van der Waals surface area contributed by atoms with Gasteiger partial charge in [0, 0.05) is 6.54 Å². The summed E-state index contributed by atoms with van der Waals surface area (Å²) >= 11 is 0. The van der Waals surface area contributed by atoms with Crippen LogP contribution in [0, 0.1) is 0 Å². The molecular formula is C15H23NO. The van der Waals surface area contributed by atoms with E-state index in [1.165, 1.54) is 32.1 Å². The molecule has 1 rings (SSSR count). The van der Waals surface area contributed by atoms with Gasteiger partial charge in [-0.25, -0.2) is 0 Å². The van der Waals surface area contributed by atoms with Crippen LogP contribution in [0.1, 0.15) is 45.4 Å². The van der Waals surface area contributed by atoms with Crippen molar-refractivity contribution in [2.45, 2.75) is 45.4 Å². The zero-order valence-electron chi connectivity index (χ0n) is 10.7. The summed E-state index contributed by atoms with van der Waals surface area (Å²) in [4.78, 5) is 11.6. The quantitative estimate of drug-likeness (QED) is 0.692. The zero-order valence-corrected chi connectivity index (χ0v) is 10.7. The fourth-order valence-electron chi connectivity index (χ4n) is 1.81. The maximum atomic E-state index is 11.6. The van der Waals surface area contributed by atoms with Crippen molar-refractivity contribution >= 4 is 5.69 Å². The zero-order chi connectivity index (χ0) is 12.3. The first-order valence-electron chi connectivity index (χ1n) is 6.68. The van der Waals surface area contributed by atoms with Gasteiger partial charge in [0.1, 0.15) is 0 Å². The summed E-state index contributed by atoms with van der Waals surface area (Å²) in [6.45, 7) is 3.12. The highest BCUT2D eigenvalue weighted by Gasteiger charge is 1.94. The lowest BCUT2D eigenvalue weighted by Gasteiger charge is -2.03. The molecule has 0 heterocycles. The molecule has 0 atom stereocenters. The molecule has 0 aliphatic rings. The Balaban J connectivity index is 2.19. The lowest BCUT2D eigenvalue weighted by Crippen LogP contribution is -2.09. The monoisotopic (exact) mass is 233 g/mol. The van der Waals surface area contributed by atoms with Crippen LogP contribution >= 0.6 is 0 Å². The topological polar surface area (TPSA) is 29.1 Å². The summed E-state index contributed by atoms with van der Waals surface area (Å²) in [7, 11) is 0. The van der Waals surface area contributed by atoms with Crippen molar-refractivity contribution in [3.63, 3.8) is 0 Å². The van der Waals surface area contributed by atoms with Crippen LogP contribution in [0.2, 0.25) is 0 Å². The first kappa shape index (κ1) is 13.8. The normalized spacial score (nSPS) is 10.2. The van der Waals surface area contributed by atoms with E-state index >= 15 is 0 Å². The average Bonchev–Trinajstić information content (AvgIpc) is 2.53. The molecule has 0 saturated heterocycles. The molecule has 0 spiro atoms. The van der Waals surface area contributed by atoms with Crippen molar-refractivity contribution in [3.8, 4) is 0 Å². The molecule has 0 unspecified atom stereocenters. The Hall–Kier alpha value is -1.31. The Morgan fingerprint density at radius 3 is 2.47 bits per heavy atom. The van der Waals surface area contributed by atoms with Crippen molar-refractivity contribution in [3.05, 3.63) is 40.6 Å². The molecule has 0 bridgehead atoms. The maximum absolute atomic E-state index is 11.6. The Morgan fingerprint density at radius 2 is 1.65 bits per heavy atom. The van der Waals surface area contributed by atoms with Crippen LogP contribution in [-0.2, 0) is 0 Å². The number of unbranched alkanes of at least 4 members (excludes halogenated alkanes) is 5. The van der Waals surface area contributed by atoms with Crippen LogP contribution in [0.3, 0.4) is 0 Å². The molecule has 0 radical (unpaired) electrons. The molecule has 0 aromatic heterocycles. The van der Waals surface area contributed by atoms with Gasteiger partial charge in [0.15, 0.2) is 0 Å². The third-order valence-electron chi connectivity index (χ3n) is 2.84. The van der Waals surface area contributed by atoms with Crippen LogP contribution in [0.5, 0.6) is 0 Å². The smallest absolute Gasteiger partial charge is 0.201 e. The van der Waals surface area contributed by atoms with Gasteiger partial charge in [-0.05, 0) is 18.6 Å². The van der Waals surface area contributed by atoms with Crippen LogP contribution in [0.25, 0.3) is 0 Å². The third kappa shape index (κ3) is 6.10. The lowest BCUT2D eigenvalue weighted by atomic mass is 10.1. The van der Waals surface area contributed by atoms with E-state index in [0.717, 1.165) is 13.0 Å². The van der Waals surface area contributed by atoms with Gasteiger partial charge in [-0.15, -0.1) is 0 Å². The number of nitrogens with one attached hydrogen (secondary N) is 1. The fourth-order valence-corrected chi connectivity index (χ4v) is 1.81. The van der Waals surface area contributed by atoms with Crippen LogP contribution < -0.4 is 10.7 Å². The third-order valence-corrected chi connectivity index (χ3v) is 2.84. The minimum absolute atomic E-state index is 0.0704. The number of rotatable bonds is 8. The van der Waals surface area contributed by atoms with E-state index in [4.69, 9.17) is 0 Å². The molecule has 17 heavy (non-hydrogen) atoms. The highest BCUT2D eigenvalue weighted by atomic mass is 16.1. The molecule has 94 valence electrons. The molecule has 1 aromatic rings. The second kappa shape index (κ2) is 8.80. The summed E-state index contributed by atoms with van der Waals surface area (Å²) in [5, 5.41) is 3.21. The van der Waals surface area contributed by atoms with Crippen molar-refractivity contribution < 1.29 is 0 Å². The molecule has 0 aliphatic carbocycles. The first-order chi connectivity index (χ1) is 8.34. The number of hydrogen-bond donors (Lipinski definition) is 1. The predicted octanol–water partition coefficient (Wildman–Crippen LogP) is 3.82. The standard InChI is InChI=1S/C15H23NO/c1-2-3-4-5-6-10-13-16-14-11-8-7-9-12-15(14)17/h7-9,11-12H,2-6,10,13H2,1H3,(H,16,17). The van der Waals surface area contributed by atoms with Crippen molar-refractivity contribution in [2.24, 2.45) is 0 Å². The summed E-state index contributed by atoms with van der Waals surface area (Å²) in [5.41, 5.74) is 0.782. The van der Waals surface area contributed by atoms with Gasteiger partial charge >= 0.3 is 0 Å². The molecule has 0 aliphatic heterocycles. The SMILES string of the molecule is CCCCCCCCNc1cccccc1=O. The Morgan fingerprint density at radius 1 is 0.941 bits per heavy atom. The second-order valence-electron chi connectivity index (χ2n) is 4.38. The molecular weight excluding hydrogens is 210 g/mol. The van der Waals surface area contributed by atoms with E-state index < -0.39 is 0 Å². The summed E-state index contributed by atoms with van der Waals surface area (Å²) in [6.07, 6.45) is 7.67. The minimum Gasteiger partial charge on any atom is -0.382 e. The Bertz CT molecular complexity index is 362. The van der Waals surface area contributed by atoms with E-state index in [1.54, 1.807) is 12.1 Å². The van der Waals surface area contributed by atoms with Crippen molar-refractivity contribution in [1.29, 1.82) is 0 Å². The summed E-state index contributed by atoms with van der Waals surface area (Å²) in [6, 6.07) is 8.99. The highest BCUT2D eigenvalue weighted by molar-refractivity contribution is 5.41. The van der Waals surface area contributed by atoms with Crippen molar-refractivity contribution in [2.75, 3.05) is 11.9 Å². The molecule has 0 amide bonds. The van der Waals surface area contributed by atoms with Gasteiger partial charge in [-0.3, -0.25) is 4.79 Å². The van der Waals surface area contributed by atoms with Crippen LogP contribution in [-0.4, -0.2) is 6.54 Å². The Kier molecular flexibility index (Phi) is 7.12. The van der Waals surface area contributed by atoms with Crippen LogP contribution in [0.4, 0.5) is 5.69 Å². The number of anilines is 1. The maximum Gasteiger partial charge on any atom is 0.201 e. The van der Waals surface area contributed by atoms with E-state index in [2.05, 4.69) is 12.2 Å². The predicted molar refractivity (Wildman–Crippen MR) is 74.6 cm³/mol. The van der Waals surface area contributed by atoms with E-state index in [-0.39, 0.29) is 5.43 Å². The molecule has 0 saturated carbocycles. The summed E-state index contributed by atoms with van der Waals surface area (Å²) < 4.78 is 0. The molecule has 2 heteroatoms. The average molecular weight is 233 g/mol.